The molecule has 24 heavy (non-hydrogen) atoms. The van der Waals surface area contributed by atoms with E-state index < -0.39 is 30.8 Å². The monoisotopic (exact) mass is 344 g/mol. The molecule has 9 heteroatoms. The lowest BCUT2D eigenvalue weighted by atomic mass is 9.95. The number of carbonyl (C=O) groups excluding carboxylic acids is 2. The van der Waals surface area contributed by atoms with Crippen molar-refractivity contribution < 1.29 is 32.2 Å². The van der Waals surface area contributed by atoms with Crippen molar-refractivity contribution in [1.29, 1.82) is 0 Å². The van der Waals surface area contributed by atoms with Crippen LogP contribution in [-0.2, 0) is 9.53 Å². The Hall–Kier alpha value is -2.71. The standard InChI is InChI=1S/C15H15F3N2O4/c1-8-11(13(21)24-7-15(16,17)18)12(20-14(22)19-8)9-3-5-10(23-2)6-4-9/h3-6,12H,7H2,1-2H3,(H2,19,20,22). The first-order valence-corrected chi connectivity index (χ1v) is 6.87. The van der Waals surface area contributed by atoms with E-state index in [0.717, 1.165) is 0 Å². The third-order valence-electron chi connectivity index (χ3n) is 3.31. The highest BCUT2D eigenvalue weighted by atomic mass is 19.4. The van der Waals surface area contributed by atoms with Crippen molar-refractivity contribution in [2.75, 3.05) is 13.7 Å². The first kappa shape index (κ1) is 17.6. The van der Waals surface area contributed by atoms with Crippen molar-refractivity contribution in [1.82, 2.24) is 10.6 Å². The molecule has 6 nitrogen and oxygen atoms in total. The van der Waals surface area contributed by atoms with Gasteiger partial charge in [-0.25, -0.2) is 9.59 Å². The fourth-order valence-corrected chi connectivity index (χ4v) is 2.24. The minimum atomic E-state index is -4.63. The molecule has 1 heterocycles. The van der Waals surface area contributed by atoms with Crippen LogP contribution in [0.25, 0.3) is 0 Å². The Labute approximate surface area is 135 Å². The third-order valence-corrected chi connectivity index (χ3v) is 3.31. The van der Waals surface area contributed by atoms with Crippen LogP contribution in [0.3, 0.4) is 0 Å². The van der Waals surface area contributed by atoms with Crippen molar-refractivity contribution >= 4 is 12.0 Å². The molecule has 0 aliphatic carbocycles. The average Bonchev–Trinajstić information content (AvgIpc) is 2.51. The summed E-state index contributed by atoms with van der Waals surface area (Å²) in [5.74, 6) is -0.598. The number of amides is 2. The van der Waals surface area contributed by atoms with E-state index in [1.54, 1.807) is 24.3 Å². The highest BCUT2D eigenvalue weighted by Gasteiger charge is 2.35. The third kappa shape index (κ3) is 4.18. The molecule has 0 radical (unpaired) electrons. The highest BCUT2D eigenvalue weighted by Crippen LogP contribution is 2.29. The summed E-state index contributed by atoms with van der Waals surface area (Å²) in [6.07, 6.45) is -4.63. The molecule has 0 spiro atoms. The van der Waals surface area contributed by atoms with Crippen LogP contribution in [0.15, 0.2) is 35.5 Å². The molecule has 0 bridgehead atoms. The van der Waals surface area contributed by atoms with Crippen molar-refractivity contribution in [3.05, 3.63) is 41.1 Å². The predicted molar refractivity (Wildman–Crippen MR) is 77.1 cm³/mol. The summed E-state index contributed by atoms with van der Waals surface area (Å²) in [6.45, 7) is -0.286. The van der Waals surface area contributed by atoms with E-state index in [0.29, 0.717) is 11.3 Å². The number of benzene rings is 1. The Kier molecular flexibility index (Phi) is 5.01. The molecular weight excluding hydrogens is 329 g/mol. The summed E-state index contributed by atoms with van der Waals surface area (Å²) in [6, 6.07) is 4.92. The molecule has 1 aliphatic heterocycles. The van der Waals surface area contributed by atoms with Crippen LogP contribution in [-0.4, -0.2) is 31.9 Å². The summed E-state index contributed by atoms with van der Waals surface area (Å²) in [7, 11) is 1.48. The van der Waals surface area contributed by atoms with Crippen LogP contribution in [0.5, 0.6) is 5.75 Å². The summed E-state index contributed by atoms with van der Waals surface area (Å²) < 4.78 is 46.1. The number of carbonyl (C=O) groups is 2. The van der Waals surface area contributed by atoms with Gasteiger partial charge in [0.25, 0.3) is 0 Å². The molecular formula is C15H15F3N2O4. The molecule has 2 rings (SSSR count). The van der Waals surface area contributed by atoms with Gasteiger partial charge in [0, 0.05) is 5.70 Å². The van der Waals surface area contributed by atoms with E-state index >= 15 is 0 Å². The van der Waals surface area contributed by atoms with Crippen LogP contribution >= 0.6 is 0 Å². The van der Waals surface area contributed by atoms with Crippen LogP contribution in [0, 0.1) is 0 Å². The van der Waals surface area contributed by atoms with Gasteiger partial charge in [0.05, 0.1) is 18.7 Å². The zero-order valence-corrected chi connectivity index (χ0v) is 12.9. The Morgan fingerprint density at radius 3 is 2.42 bits per heavy atom. The van der Waals surface area contributed by atoms with Gasteiger partial charge < -0.3 is 20.1 Å². The van der Waals surface area contributed by atoms with E-state index in [9.17, 15) is 22.8 Å². The lowest BCUT2D eigenvalue weighted by Crippen LogP contribution is -2.45. The minimum absolute atomic E-state index is 0.0935. The quantitative estimate of drug-likeness (QED) is 0.823. The number of nitrogens with one attached hydrogen (secondary N) is 2. The maximum atomic E-state index is 12.3. The van der Waals surface area contributed by atoms with Gasteiger partial charge >= 0.3 is 18.2 Å². The van der Waals surface area contributed by atoms with Crippen molar-refractivity contribution in [2.45, 2.75) is 19.1 Å². The molecule has 0 saturated carbocycles. The van der Waals surface area contributed by atoms with Crippen LogP contribution < -0.4 is 15.4 Å². The number of hydrogen-bond donors (Lipinski definition) is 2. The summed E-state index contributed by atoms with van der Waals surface area (Å²) >= 11 is 0. The smallest absolute Gasteiger partial charge is 0.422 e. The van der Waals surface area contributed by atoms with Crippen LogP contribution in [0.1, 0.15) is 18.5 Å². The van der Waals surface area contributed by atoms with Gasteiger partial charge in [-0.2, -0.15) is 13.2 Å². The fraction of sp³-hybridized carbons (Fsp3) is 0.333. The number of rotatable bonds is 4. The number of allylic oxidation sites excluding steroid dienone is 1. The number of alkyl halides is 3. The van der Waals surface area contributed by atoms with Gasteiger partial charge in [-0.1, -0.05) is 12.1 Å². The Balaban J connectivity index is 2.30. The lowest BCUT2D eigenvalue weighted by Gasteiger charge is -2.28. The van der Waals surface area contributed by atoms with E-state index in [1.165, 1.54) is 14.0 Å². The average molecular weight is 344 g/mol. The Morgan fingerprint density at radius 1 is 1.25 bits per heavy atom. The number of urea groups is 1. The molecule has 1 unspecified atom stereocenters. The second-order valence-corrected chi connectivity index (χ2v) is 5.03. The summed E-state index contributed by atoms with van der Waals surface area (Å²) in [4.78, 5) is 23.7. The predicted octanol–water partition coefficient (Wildman–Crippen LogP) is 2.43. The molecule has 1 aliphatic rings. The van der Waals surface area contributed by atoms with Gasteiger partial charge in [0.15, 0.2) is 6.61 Å². The Morgan fingerprint density at radius 2 is 1.88 bits per heavy atom. The maximum absolute atomic E-state index is 12.3. The number of hydrogen-bond acceptors (Lipinski definition) is 4. The van der Waals surface area contributed by atoms with E-state index in [4.69, 9.17) is 4.74 Å². The van der Waals surface area contributed by atoms with E-state index in [-0.39, 0.29) is 11.3 Å². The lowest BCUT2D eigenvalue weighted by molar-refractivity contribution is -0.183. The molecule has 1 aromatic rings. The molecule has 2 N–H and O–H groups in total. The largest absolute Gasteiger partial charge is 0.497 e. The summed E-state index contributed by atoms with van der Waals surface area (Å²) in [5, 5.41) is 4.85. The minimum Gasteiger partial charge on any atom is -0.497 e. The normalized spacial score (nSPS) is 17.9. The topological polar surface area (TPSA) is 76.7 Å². The van der Waals surface area contributed by atoms with Gasteiger partial charge in [-0.3, -0.25) is 0 Å². The first-order valence-electron chi connectivity index (χ1n) is 6.87. The van der Waals surface area contributed by atoms with Crippen LogP contribution in [0.4, 0.5) is 18.0 Å². The van der Waals surface area contributed by atoms with Gasteiger partial charge in [-0.05, 0) is 24.6 Å². The number of methoxy groups -OCH3 is 1. The number of ether oxygens (including phenoxy) is 2. The zero-order chi connectivity index (χ0) is 17.9. The van der Waals surface area contributed by atoms with Gasteiger partial charge in [0.2, 0.25) is 0 Å². The number of esters is 1. The van der Waals surface area contributed by atoms with Crippen molar-refractivity contribution in [3.63, 3.8) is 0 Å². The first-order chi connectivity index (χ1) is 11.2. The fourth-order valence-electron chi connectivity index (χ4n) is 2.24. The summed E-state index contributed by atoms with van der Waals surface area (Å²) in [5.41, 5.74) is 0.541. The van der Waals surface area contributed by atoms with E-state index in [1.807, 2.05) is 0 Å². The van der Waals surface area contributed by atoms with Gasteiger partial charge in [-0.15, -0.1) is 0 Å². The van der Waals surface area contributed by atoms with Gasteiger partial charge in [0.1, 0.15) is 5.75 Å². The zero-order valence-electron chi connectivity index (χ0n) is 12.9. The maximum Gasteiger partial charge on any atom is 0.422 e. The van der Waals surface area contributed by atoms with Crippen molar-refractivity contribution in [3.8, 4) is 5.75 Å². The van der Waals surface area contributed by atoms with E-state index in [2.05, 4.69) is 15.4 Å². The molecule has 0 fully saturated rings. The number of halogens is 3. The molecule has 1 aromatic carbocycles. The molecule has 0 aromatic heterocycles. The van der Waals surface area contributed by atoms with Crippen LogP contribution in [0.2, 0.25) is 0 Å². The molecule has 2 amide bonds. The molecule has 1 atom stereocenters. The van der Waals surface area contributed by atoms with Crippen molar-refractivity contribution in [2.24, 2.45) is 0 Å². The SMILES string of the molecule is COc1ccc(C2NC(=O)NC(C)=C2C(=O)OCC(F)(F)F)cc1. The second-order valence-electron chi connectivity index (χ2n) is 5.03. The Bertz CT molecular complexity index is 668. The molecule has 130 valence electrons. The highest BCUT2D eigenvalue weighted by molar-refractivity contribution is 5.95. The molecule has 0 saturated heterocycles. The second kappa shape index (κ2) is 6.81.